The topological polar surface area (TPSA) is 66.5 Å². The van der Waals surface area contributed by atoms with E-state index in [1.54, 1.807) is 11.8 Å². The fraction of sp³-hybridized carbons (Fsp3) is 0.769. The van der Waals surface area contributed by atoms with Gasteiger partial charge in [0.05, 0.1) is 0 Å². The molecule has 0 radical (unpaired) electrons. The van der Waals surface area contributed by atoms with Gasteiger partial charge in [-0.15, -0.1) is 0 Å². The van der Waals surface area contributed by atoms with Crippen molar-refractivity contribution in [1.82, 2.24) is 10.2 Å². The van der Waals surface area contributed by atoms with Crippen LogP contribution in [-0.4, -0.2) is 41.3 Å². The van der Waals surface area contributed by atoms with Crippen molar-refractivity contribution in [2.45, 2.75) is 32.1 Å². The second-order valence-electron chi connectivity index (χ2n) is 5.15. The second-order valence-corrected chi connectivity index (χ2v) is 6.14. The molecule has 1 heterocycles. The summed E-state index contributed by atoms with van der Waals surface area (Å²) < 4.78 is 0. The minimum absolute atomic E-state index is 0.114. The van der Waals surface area contributed by atoms with E-state index in [0.717, 1.165) is 37.9 Å². The van der Waals surface area contributed by atoms with Gasteiger partial charge in [-0.1, -0.05) is 12.8 Å². The van der Waals surface area contributed by atoms with Gasteiger partial charge >= 0.3 is 6.03 Å². The lowest BCUT2D eigenvalue weighted by molar-refractivity contribution is -0.145. The molecule has 0 spiro atoms. The molecule has 1 aliphatic heterocycles. The van der Waals surface area contributed by atoms with Gasteiger partial charge in [0.2, 0.25) is 11.8 Å². The van der Waals surface area contributed by atoms with Gasteiger partial charge in [-0.2, -0.15) is 11.8 Å². The predicted octanol–water partition coefficient (Wildman–Crippen LogP) is 1.62. The Kier molecular flexibility index (Phi) is 4.85. The number of thioether (sulfide) groups is 1. The number of amides is 4. The second kappa shape index (κ2) is 6.41. The summed E-state index contributed by atoms with van der Waals surface area (Å²) in [6.07, 6.45) is 6.73. The highest BCUT2D eigenvalue weighted by Crippen LogP contribution is 2.33. The largest absolute Gasteiger partial charge is 0.330 e. The number of nitrogens with one attached hydrogen (secondary N) is 1. The zero-order valence-electron chi connectivity index (χ0n) is 11.2. The summed E-state index contributed by atoms with van der Waals surface area (Å²) in [4.78, 5) is 37.2. The van der Waals surface area contributed by atoms with E-state index in [1.165, 1.54) is 4.90 Å². The smallest absolute Gasteiger partial charge is 0.277 e. The molecular formula is C13H20N2O3S. The summed E-state index contributed by atoms with van der Waals surface area (Å²) in [6, 6.07) is -0.551. The van der Waals surface area contributed by atoms with Crippen molar-refractivity contribution in [2.75, 3.05) is 18.6 Å². The Labute approximate surface area is 117 Å². The van der Waals surface area contributed by atoms with E-state index in [2.05, 4.69) is 5.32 Å². The molecule has 106 valence electrons. The Bertz CT molecular complexity index is 380. The van der Waals surface area contributed by atoms with Crippen LogP contribution < -0.4 is 5.32 Å². The lowest BCUT2D eigenvalue weighted by Crippen LogP contribution is -2.59. The average Bonchev–Trinajstić information content (AvgIpc) is 2.87. The van der Waals surface area contributed by atoms with Gasteiger partial charge in [0.25, 0.3) is 0 Å². The summed E-state index contributed by atoms with van der Waals surface area (Å²) in [6.45, 7) is 0.405. The van der Waals surface area contributed by atoms with Crippen molar-refractivity contribution >= 4 is 29.6 Å². The molecule has 2 fully saturated rings. The maximum absolute atomic E-state index is 12.4. The summed E-state index contributed by atoms with van der Waals surface area (Å²) >= 11 is 1.68. The molecule has 0 bridgehead atoms. The molecule has 0 aromatic rings. The summed E-state index contributed by atoms with van der Waals surface area (Å²) in [5.41, 5.74) is 0. The van der Waals surface area contributed by atoms with Crippen molar-refractivity contribution < 1.29 is 14.4 Å². The summed E-state index contributed by atoms with van der Waals surface area (Å²) in [5.74, 6) is -0.318. The van der Waals surface area contributed by atoms with Crippen LogP contribution in [0.1, 0.15) is 32.1 Å². The normalized spacial score (nSPS) is 25.0. The van der Waals surface area contributed by atoms with Gasteiger partial charge in [-0.25, -0.2) is 4.79 Å². The van der Waals surface area contributed by atoms with Gasteiger partial charge in [-0.05, 0) is 37.2 Å². The third-order valence-electron chi connectivity index (χ3n) is 3.89. The standard InChI is InChI=1S/C13H20N2O3S/c1-19-8-4-7-15-12(17)10(9-5-2-3-6-9)11(16)14-13(15)18/h9-10H,2-8H2,1H3,(H,14,16,18). The Morgan fingerprint density at radius 2 is 1.95 bits per heavy atom. The average molecular weight is 284 g/mol. The summed E-state index contributed by atoms with van der Waals surface area (Å²) in [5, 5.41) is 2.33. The number of hydrogen-bond acceptors (Lipinski definition) is 4. The van der Waals surface area contributed by atoms with E-state index in [1.807, 2.05) is 6.26 Å². The third-order valence-corrected chi connectivity index (χ3v) is 4.59. The van der Waals surface area contributed by atoms with E-state index in [0.29, 0.717) is 6.54 Å². The first-order chi connectivity index (χ1) is 9.15. The van der Waals surface area contributed by atoms with Crippen LogP contribution in [0.5, 0.6) is 0 Å². The minimum atomic E-state index is -0.644. The van der Waals surface area contributed by atoms with E-state index in [4.69, 9.17) is 0 Å². The van der Waals surface area contributed by atoms with Crippen molar-refractivity contribution in [1.29, 1.82) is 0 Å². The molecule has 4 amide bonds. The maximum atomic E-state index is 12.4. The first-order valence-corrected chi connectivity index (χ1v) is 8.19. The van der Waals surface area contributed by atoms with E-state index < -0.39 is 17.9 Å². The maximum Gasteiger partial charge on any atom is 0.330 e. The number of nitrogens with zero attached hydrogens (tertiary/aromatic N) is 1. The first kappa shape index (κ1) is 14.4. The van der Waals surface area contributed by atoms with Crippen LogP contribution in [0.4, 0.5) is 4.79 Å². The van der Waals surface area contributed by atoms with Gasteiger partial charge in [0.15, 0.2) is 0 Å². The molecule has 19 heavy (non-hydrogen) atoms. The van der Waals surface area contributed by atoms with Crippen LogP contribution in [0.2, 0.25) is 0 Å². The third kappa shape index (κ3) is 3.11. The first-order valence-electron chi connectivity index (χ1n) is 6.80. The number of imide groups is 2. The van der Waals surface area contributed by atoms with Crippen LogP contribution in [0.3, 0.4) is 0 Å². The molecule has 1 saturated heterocycles. The fourth-order valence-corrected chi connectivity index (χ4v) is 3.33. The molecule has 1 N–H and O–H groups in total. The van der Waals surface area contributed by atoms with Gasteiger partial charge in [0, 0.05) is 6.54 Å². The van der Waals surface area contributed by atoms with Gasteiger partial charge < -0.3 is 0 Å². The van der Waals surface area contributed by atoms with Crippen LogP contribution in [0.25, 0.3) is 0 Å². The van der Waals surface area contributed by atoms with Crippen molar-refractivity contribution in [3.05, 3.63) is 0 Å². The molecule has 2 rings (SSSR count). The molecule has 2 aliphatic rings. The lowest BCUT2D eigenvalue weighted by Gasteiger charge is -2.32. The monoisotopic (exact) mass is 284 g/mol. The number of urea groups is 1. The lowest BCUT2D eigenvalue weighted by atomic mass is 9.87. The molecular weight excluding hydrogens is 264 g/mol. The SMILES string of the molecule is CSCCCN1C(=O)NC(=O)C(C2CCCC2)C1=O. The number of hydrogen-bond donors (Lipinski definition) is 1. The number of rotatable bonds is 5. The Balaban J connectivity index is 2.05. The minimum Gasteiger partial charge on any atom is -0.277 e. The van der Waals surface area contributed by atoms with Crippen molar-refractivity contribution in [3.63, 3.8) is 0 Å². The molecule has 0 aromatic carbocycles. The van der Waals surface area contributed by atoms with Crippen LogP contribution in [-0.2, 0) is 9.59 Å². The van der Waals surface area contributed by atoms with Crippen LogP contribution in [0.15, 0.2) is 0 Å². The molecule has 1 unspecified atom stereocenters. The number of barbiturate groups is 1. The molecule has 1 aliphatic carbocycles. The van der Waals surface area contributed by atoms with Gasteiger partial charge in [-0.3, -0.25) is 19.8 Å². The molecule has 5 nitrogen and oxygen atoms in total. The van der Waals surface area contributed by atoms with Crippen LogP contribution in [0, 0.1) is 11.8 Å². The highest BCUT2D eigenvalue weighted by molar-refractivity contribution is 7.98. The molecule has 1 saturated carbocycles. The fourth-order valence-electron chi connectivity index (χ4n) is 2.92. The van der Waals surface area contributed by atoms with E-state index >= 15 is 0 Å². The van der Waals surface area contributed by atoms with Gasteiger partial charge in [0.1, 0.15) is 5.92 Å². The molecule has 1 atom stereocenters. The Hall–Kier alpha value is -1.04. The van der Waals surface area contributed by atoms with E-state index in [-0.39, 0.29) is 11.8 Å². The molecule has 0 aromatic heterocycles. The predicted molar refractivity (Wildman–Crippen MR) is 73.7 cm³/mol. The highest BCUT2D eigenvalue weighted by atomic mass is 32.2. The Morgan fingerprint density at radius 1 is 1.26 bits per heavy atom. The quantitative estimate of drug-likeness (QED) is 0.615. The van der Waals surface area contributed by atoms with E-state index in [9.17, 15) is 14.4 Å². The zero-order chi connectivity index (χ0) is 13.8. The highest BCUT2D eigenvalue weighted by Gasteiger charge is 2.44. The Morgan fingerprint density at radius 3 is 2.58 bits per heavy atom. The number of carbonyl (C=O) groups is 3. The van der Waals surface area contributed by atoms with Crippen molar-refractivity contribution in [3.8, 4) is 0 Å². The summed E-state index contributed by atoms with van der Waals surface area (Å²) in [7, 11) is 0. The molecule has 6 heteroatoms. The number of carbonyl (C=O) groups excluding carboxylic acids is 3. The van der Waals surface area contributed by atoms with Crippen LogP contribution >= 0.6 is 11.8 Å². The van der Waals surface area contributed by atoms with Crippen molar-refractivity contribution in [2.24, 2.45) is 11.8 Å². The zero-order valence-corrected chi connectivity index (χ0v) is 12.0.